The Morgan fingerprint density at radius 1 is 1.03 bits per heavy atom. The molecular weight excluding hydrogens is 947 g/mol. The van der Waals surface area contributed by atoms with Crippen LogP contribution in [0.2, 0.25) is 0 Å². The van der Waals surface area contributed by atoms with Crippen LogP contribution in [0, 0.1) is 23.8 Å². The summed E-state index contributed by atoms with van der Waals surface area (Å²) in [5, 5.41) is 14.5. The first-order valence-electron chi connectivity index (χ1n) is 20.3. The molecule has 3 saturated heterocycles. The van der Waals surface area contributed by atoms with Gasteiger partial charge in [0.2, 0.25) is 18.4 Å². The largest absolute Gasteiger partial charge is 0.475 e. The van der Waals surface area contributed by atoms with E-state index in [2.05, 4.69) is 44.8 Å². The number of alkyl halides is 1. The number of fused-ring (bicyclic) bond motifs is 5. The van der Waals surface area contributed by atoms with Crippen LogP contribution in [-0.2, 0) is 55.3 Å². The van der Waals surface area contributed by atoms with Gasteiger partial charge in [-0.2, -0.15) is 9.64 Å². The number of methoxy groups -OCH3 is 1. The van der Waals surface area contributed by atoms with E-state index in [1.807, 2.05) is 6.07 Å². The molecule has 0 radical (unpaired) electrons. The number of benzene rings is 1. The third kappa shape index (κ3) is 10.2. The first kappa shape index (κ1) is 48.0. The fraction of sp³-hybridized carbons (Fsp3) is 0.474. The lowest BCUT2D eigenvalue weighted by Gasteiger charge is -2.27. The number of anilines is 2. The van der Waals surface area contributed by atoms with Crippen molar-refractivity contribution in [2.45, 2.75) is 69.3 Å². The smallest absolute Gasteiger partial charge is 0.376 e. The van der Waals surface area contributed by atoms with Gasteiger partial charge < -0.3 is 24.4 Å². The van der Waals surface area contributed by atoms with Crippen LogP contribution in [0.4, 0.5) is 16.2 Å². The number of halogens is 1. The standard InChI is InChI=1S/C38H40FN11O14P2S/c1-19(2)34(51)47-38-45-24-25(36(53)48-38)49-67-31(24)30-29-28(56-4)22(61-30)16-60-66(55,58-14-12-41-3)63-27-21(15-59-65(54,64-29)57-13-8-11-40)62-37(23(27)39)50-18-44-26-32(42-17-43-33(26)50)46-35(52)20-9-6-5-7-10-20/h5-7,9-10,17-19,21-23,27-30,37H,8,12-16H2,1-2,4H3,(H,42,43,46,52)(H2,45,47,48,51,53)/t21-,22-,23-,27-,28-,29-,30-,37-,65?,66?/m1/s1. The number of aromatic amines is 1. The van der Waals surface area contributed by atoms with Crippen LogP contribution in [-0.4, -0.2) is 122 Å². The van der Waals surface area contributed by atoms with Gasteiger partial charge >= 0.3 is 15.6 Å². The maximum absolute atomic E-state index is 17.1. The van der Waals surface area contributed by atoms with Gasteiger partial charge in [0.05, 0.1) is 43.5 Å². The number of aromatic nitrogens is 7. The van der Waals surface area contributed by atoms with Crippen molar-refractivity contribution in [2.75, 3.05) is 50.7 Å². The van der Waals surface area contributed by atoms with Gasteiger partial charge in [0.15, 0.2) is 34.9 Å². The van der Waals surface area contributed by atoms with Crippen molar-refractivity contribution in [3.63, 3.8) is 0 Å². The molecule has 2 bridgehead atoms. The molecule has 3 aliphatic rings. The topological polar surface area (TPSA) is 306 Å². The zero-order valence-corrected chi connectivity index (χ0v) is 38.1. The molecule has 3 N–H and O–H groups in total. The summed E-state index contributed by atoms with van der Waals surface area (Å²) < 4.78 is 105. The molecule has 5 aromatic rings. The van der Waals surface area contributed by atoms with E-state index in [0.717, 1.165) is 17.9 Å². The Bertz CT molecular complexity index is 2880. The van der Waals surface area contributed by atoms with Gasteiger partial charge in [-0.15, -0.1) is 0 Å². The molecule has 1 aromatic carbocycles. The zero-order valence-electron chi connectivity index (χ0n) is 35.5. The van der Waals surface area contributed by atoms with Gasteiger partial charge in [-0.3, -0.25) is 56.4 Å². The second-order valence-corrected chi connectivity index (χ2v) is 19.1. The monoisotopic (exact) mass is 987 g/mol. The number of rotatable bonds is 13. The summed E-state index contributed by atoms with van der Waals surface area (Å²) in [7, 11) is -8.60. The molecule has 67 heavy (non-hydrogen) atoms. The molecule has 354 valence electrons. The number of hydrogen-bond donors (Lipinski definition) is 3. The molecular formula is C38H40FN11O14P2S. The van der Waals surface area contributed by atoms with Crippen LogP contribution in [0.25, 0.3) is 27.0 Å². The molecule has 10 atom stereocenters. The number of carbonyl (C=O) groups is 2. The third-order valence-electron chi connectivity index (χ3n) is 10.3. The van der Waals surface area contributed by atoms with Gasteiger partial charge in [-0.1, -0.05) is 32.0 Å². The van der Waals surface area contributed by atoms with Gasteiger partial charge in [0.1, 0.15) is 55.1 Å². The molecule has 3 fully saturated rings. The molecule has 29 heteroatoms. The summed E-state index contributed by atoms with van der Waals surface area (Å²) in [5.74, 6) is -1.66. The van der Waals surface area contributed by atoms with E-state index in [9.17, 15) is 28.8 Å². The summed E-state index contributed by atoms with van der Waals surface area (Å²) in [5.41, 5.74) is -0.527. The summed E-state index contributed by atoms with van der Waals surface area (Å²) >= 11 is 0.763. The van der Waals surface area contributed by atoms with Gasteiger partial charge in [0.25, 0.3) is 11.5 Å². The number of nitrogens with zero attached hydrogens (tertiary/aromatic N) is 8. The highest BCUT2D eigenvalue weighted by molar-refractivity contribution is 7.48. The molecule has 8 rings (SSSR count). The number of nitrogens with one attached hydrogen (secondary N) is 3. The predicted octanol–water partition coefficient (Wildman–Crippen LogP) is 4.66. The minimum Gasteiger partial charge on any atom is -0.376 e. The first-order chi connectivity index (χ1) is 32.2. The van der Waals surface area contributed by atoms with Crippen molar-refractivity contribution < 1.29 is 64.5 Å². The Kier molecular flexibility index (Phi) is 14.6. The predicted molar refractivity (Wildman–Crippen MR) is 229 cm³/mol. The summed E-state index contributed by atoms with van der Waals surface area (Å²) in [6, 6.07) is 10.1. The molecule has 7 heterocycles. The molecule has 0 aliphatic carbocycles. The maximum Gasteiger partial charge on any atom is 0.475 e. The SMILES string of the molecule is [C-]#[N+]CCOP1(=O)OC[C@H]2O[C@@H](c3snc4c(=O)[nH]c(NC(=O)C(C)C)nc34)[C@H](OP(=O)(OCCC#N)OC[C@H]3O[C@@H](n4cnc5c(NC(=O)c6ccccc6)ncnc54)[C@H](F)[C@@H]3O1)[C@@H]2OC. The van der Waals surface area contributed by atoms with Crippen LogP contribution in [0.3, 0.4) is 0 Å². The van der Waals surface area contributed by atoms with E-state index >= 15 is 4.39 Å². The number of phosphoric acid groups is 2. The third-order valence-corrected chi connectivity index (χ3v) is 14.2. The Hall–Kier alpha value is -5.51. The molecule has 25 nitrogen and oxygen atoms in total. The fourth-order valence-electron chi connectivity index (χ4n) is 7.14. The Balaban J connectivity index is 1.15. The van der Waals surface area contributed by atoms with Gasteiger partial charge in [0, 0.05) is 18.6 Å². The molecule has 2 unspecified atom stereocenters. The lowest BCUT2D eigenvalue weighted by molar-refractivity contribution is -0.118. The zero-order chi connectivity index (χ0) is 47.5. The number of ether oxygens (including phenoxy) is 3. The summed E-state index contributed by atoms with van der Waals surface area (Å²) in [6.45, 7) is 7.69. The average Bonchev–Trinajstić information content (AvgIpc) is 4.09. The van der Waals surface area contributed by atoms with Crippen LogP contribution >= 0.6 is 27.2 Å². The summed E-state index contributed by atoms with van der Waals surface area (Å²) in [4.78, 5) is 61.7. The molecule has 4 aromatic heterocycles. The first-order valence-corrected chi connectivity index (χ1v) is 24.0. The number of imidazole rings is 1. The normalized spacial score (nSPS) is 28.8. The molecule has 3 aliphatic heterocycles. The lowest BCUT2D eigenvalue weighted by Crippen LogP contribution is -2.36. The number of hydrogen-bond acceptors (Lipinski definition) is 21. The van der Waals surface area contributed by atoms with Crippen molar-refractivity contribution in [3.8, 4) is 6.07 Å². The fourth-order valence-corrected chi connectivity index (χ4v) is 10.8. The van der Waals surface area contributed by atoms with E-state index < -0.39 is 114 Å². The van der Waals surface area contributed by atoms with Crippen LogP contribution in [0.1, 0.15) is 47.8 Å². The molecule has 0 saturated carbocycles. The van der Waals surface area contributed by atoms with Crippen molar-refractivity contribution in [3.05, 3.63) is 75.2 Å². The number of amides is 2. The van der Waals surface area contributed by atoms with Crippen molar-refractivity contribution in [2.24, 2.45) is 5.92 Å². The van der Waals surface area contributed by atoms with Crippen molar-refractivity contribution >= 4 is 73.0 Å². The van der Waals surface area contributed by atoms with Crippen LogP contribution in [0.15, 0.2) is 47.8 Å². The van der Waals surface area contributed by atoms with Crippen LogP contribution in [0.5, 0.6) is 0 Å². The second kappa shape index (κ2) is 20.4. The summed E-state index contributed by atoms with van der Waals surface area (Å²) in [6.07, 6.45) is -10.9. The average molecular weight is 988 g/mol. The van der Waals surface area contributed by atoms with Crippen molar-refractivity contribution in [1.82, 2.24) is 33.9 Å². The number of phosphoric ester groups is 2. The maximum atomic E-state index is 17.1. The molecule has 0 spiro atoms. The van der Waals surface area contributed by atoms with E-state index in [1.54, 1.807) is 44.2 Å². The van der Waals surface area contributed by atoms with Crippen LogP contribution < -0.4 is 16.2 Å². The number of H-pyrrole nitrogens is 1. The highest BCUT2D eigenvalue weighted by Crippen LogP contribution is 2.59. The van der Waals surface area contributed by atoms with Crippen molar-refractivity contribution in [1.29, 1.82) is 5.26 Å². The number of nitriles is 1. The Morgan fingerprint density at radius 2 is 1.76 bits per heavy atom. The van der Waals surface area contributed by atoms with E-state index in [-0.39, 0.29) is 51.8 Å². The van der Waals surface area contributed by atoms with Gasteiger partial charge in [-0.05, 0) is 23.7 Å². The number of carbonyl (C=O) groups excluding carboxylic acids is 2. The highest BCUT2D eigenvalue weighted by atomic mass is 32.1. The Morgan fingerprint density at radius 3 is 2.48 bits per heavy atom. The van der Waals surface area contributed by atoms with E-state index in [1.165, 1.54) is 18.0 Å². The van der Waals surface area contributed by atoms with Gasteiger partial charge in [-0.25, -0.2) is 40.0 Å². The highest BCUT2D eigenvalue weighted by Gasteiger charge is 2.56. The Labute approximate surface area is 382 Å². The minimum absolute atomic E-state index is 0.00539. The van der Waals surface area contributed by atoms with E-state index in [4.69, 9.17) is 47.9 Å². The second-order valence-electron chi connectivity index (χ2n) is 15.1. The lowest BCUT2D eigenvalue weighted by atomic mass is 10.1. The van der Waals surface area contributed by atoms with E-state index in [0.29, 0.717) is 5.56 Å². The minimum atomic E-state index is -4.94. The molecule has 2 amide bonds. The quantitative estimate of drug-likeness (QED) is 0.0821.